The highest BCUT2D eigenvalue weighted by molar-refractivity contribution is 9.10. The molecule has 1 N–H and O–H groups in total. The van der Waals surface area contributed by atoms with Gasteiger partial charge >= 0.3 is 6.55 Å². The zero-order valence-corrected chi connectivity index (χ0v) is 14.8. The van der Waals surface area contributed by atoms with E-state index in [1.165, 1.54) is 12.4 Å². The Hall–Kier alpha value is -1.90. The highest BCUT2D eigenvalue weighted by Crippen LogP contribution is 2.15. The average molecular weight is 389 g/mol. The number of halogens is 3. The van der Waals surface area contributed by atoms with Crippen molar-refractivity contribution in [3.63, 3.8) is 0 Å². The SMILES string of the molecule is CN=C(NCc1nccn1C(F)F)N(C)Cc1cc(Br)cn1C. The number of imidazole rings is 1. The van der Waals surface area contributed by atoms with Gasteiger partial charge in [-0.15, -0.1) is 0 Å². The second kappa shape index (κ2) is 7.58. The van der Waals surface area contributed by atoms with Crippen molar-refractivity contribution in [1.29, 1.82) is 0 Å². The Balaban J connectivity index is 1.99. The summed E-state index contributed by atoms with van der Waals surface area (Å²) in [5, 5.41) is 3.05. The van der Waals surface area contributed by atoms with Gasteiger partial charge in [0.05, 0.1) is 13.1 Å². The molecule has 0 amide bonds. The van der Waals surface area contributed by atoms with Gasteiger partial charge < -0.3 is 14.8 Å². The predicted molar refractivity (Wildman–Crippen MR) is 88.3 cm³/mol. The summed E-state index contributed by atoms with van der Waals surface area (Å²) in [4.78, 5) is 10.0. The van der Waals surface area contributed by atoms with Crippen LogP contribution in [-0.2, 0) is 20.1 Å². The molecule has 9 heteroatoms. The first-order valence-electron chi connectivity index (χ1n) is 6.94. The van der Waals surface area contributed by atoms with Crippen LogP contribution in [0.2, 0.25) is 0 Å². The van der Waals surface area contributed by atoms with E-state index in [-0.39, 0.29) is 12.4 Å². The van der Waals surface area contributed by atoms with Crippen molar-refractivity contribution in [2.45, 2.75) is 19.6 Å². The third-order valence-corrected chi connectivity index (χ3v) is 3.84. The summed E-state index contributed by atoms with van der Waals surface area (Å²) in [7, 11) is 5.50. The fourth-order valence-electron chi connectivity index (χ4n) is 2.24. The fourth-order valence-corrected chi connectivity index (χ4v) is 2.81. The molecule has 0 bridgehead atoms. The van der Waals surface area contributed by atoms with Gasteiger partial charge in [0.15, 0.2) is 5.96 Å². The minimum absolute atomic E-state index is 0.172. The lowest BCUT2D eigenvalue weighted by atomic mass is 10.4. The molecule has 0 spiro atoms. The molecule has 126 valence electrons. The van der Waals surface area contributed by atoms with Gasteiger partial charge in [0, 0.05) is 49.9 Å². The summed E-state index contributed by atoms with van der Waals surface area (Å²) < 4.78 is 29.5. The smallest absolute Gasteiger partial charge is 0.319 e. The van der Waals surface area contributed by atoms with Gasteiger partial charge in [-0.3, -0.25) is 9.56 Å². The van der Waals surface area contributed by atoms with Crippen LogP contribution >= 0.6 is 15.9 Å². The minimum atomic E-state index is -2.60. The first-order chi connectivity index (χ1) is 10.9. The third-order valence-electron chi connectivity index (χ3n) is 3.41. The normalized spacial score (nSPS) is 12.0. The monoisotopic (exact) mass is 388 g/mol. The van der Waals surface area contributed by atoms with E-state index < -0.39 is 6.55 Å². The Morgan fingerprint density at radius 2 is 2.26 bits per heavy atom. The van der Waals surface area contributed by atoms with Crippen LogP contribution in [-0.4, -0.2) is 39.1 Å². The van der Waals surface area contributed by atoms with Gasteiger partial charge in [-0.2, -0.15) is 8.78 Å². The number of guanidine groups is 1. The molecule has 6 nitrogen and oxygen atoms in total. The van der Waals surface area contributed by atoms with Crippen molar-refractivity contribution < 1.29 is 8.78 Å². The van der Waals surface area contributed by atoms with Crippen LogP contribution in [0.15, 0.2) is 34.1 Å². The van der Waals surface area contributed by atoms with Crippen molar-refractivity contribution in [2.24, 2.45) is 12.0 Å². The number of aliphatic imine (C=N–C) groups is 1. The Kier molecular flexibility index (Phi) is 5.75. The van der Waals surface area contributed by atoms with Gasteiger partial charge in [-0.25, -0.2) is 4.98 Å². The number of hydrogen-bond acceptors (Lipinski definition) is 2. The van der Waals surface area contributed by atoms with Crippen LogP contribution in [0.1, 0.15) is 18.1 Å². The van der Waals surface area contributed by atoms with E-state index in [0.717, 1.165) is 14.7 Å². The molecule has 0 fully saturated rings. The topological polar surface area (TPSA) is 50.4 Å². The van der Waals surface area contributed by atoms with Gasteiger partial charge in [0.2, 0.25) is 0 Å². The van der Waals surface area contributed by atoms with Crippen LogP contribution in [0.5, 0.6) is 0 Å². The zero-order valence-electron chi connectivity index (χ0n) is 13.2. The number of nitrogens with zero attached hydrogens (tertiary/aromatic N) is 5. The number of aromatic nitrogens is 3. The molecule has 2 heterocycles. The van der Waals surface area contributed by atoms with Crippen LogP contribution in [0.4, 0.5) is 8.78 Å². The molecule has 0 unspecified atom stereocenters. The molecule has 0 radical (unpaired) electrons. The van der Waals surface area contributed by atoms with E-state index in [2.05, 4.69) is 31.2 Å². The van der Waals surface area contributed by atoms with Crippen molar-refractivity contribution in [3.8, 4) is 0 Å². The van der Waals surface area contributed by atoms with Crippen molar-refractivity contribution in [2.75, 3.05) is 14.1 Å². The van der Waals surface area contributed by atoms with Gasteiger partial charge in [0.25, 0.3) is 0 Å². The van der Waals surface area contributed by atoms with E-state index in [9.17, 15) is 8.78 Å². The van der Waals surface area contributed by atoms with E-state index in [4.69, 9.17) is 0 Å². The average Bonchev–Trinajstić information content (AvgIpc) is 3.06. The number of rotatable bonds is 5. The molecular weight excluding hydrogens is 370 g/mol. The number of nitrogens with one attached hydrogen (secondary N) is 1. The molecule has 23 heavy (non-hydrogen) atoms. The fraction of sp³-hybridized carbons (Fsp3) is 0.429. The standard InChI is InChI=1S/C14H19BrF2N6/c1-18-14(20-7-12-19-4-5-23(12)13(16)17)22(3)9-11-6-10(15)8-21(11)2/h4-6,8,13H,7,9H2,1-3H3,(H,18,20). The molecule has 0 aliphatic heterocycles. The van der Waals surface area contributed by atoms with Crippen LogP contribution < -0.4 is 5.32 Å². The van der Waals surface area contributed by atoms with Crippen LogP contribution in [0, 0.1) is 0 Å². The second-order valence-corrected chi connectivity index (χ2v) is 5.96. The number of alkyl halides is 2. The molecule has 2 rings (SSSR count). The maximum atomic E-state index is 12.8. The molecular formula is C14H19BrF2N6. The molecule has 0 aromatic carbocycles. The van der Waals surface area contributed by atoms with Crippen LogP contribution in [0.3, 0.4) is 0 Å². The van der Waals surface area contributed by atoms with E-state index >= 15 is 0 Å². The first kappa shape index (κ1) is 17.5. The maximum absolute atomic E-state index is 12.8. The highest BCUT2D eigenvalue weighted by Gasteiger charge is 2.13. The minimum Gasteiger partial charge on any atom is -0.352 e. The Labute approximate surface area is 142 Å². The summed E-state index contributed by atoms with van der Waals surface area (Å²) in [6.07, 6.45) is 4.59. The lowest BCUT2D eigenvalue weighted by Gasteiger charge is -2.22. The zero-order chi connectivity index (χ0) is 17.0. The summed E-state index contributed by atoms with van der Waals surface area (Å²) in [6.45, 7) is -1.80. The van der Waals surface area contributed by atoms with E-state index in [0.29, 0.717) is 12.5 Å². The molecule has 0 aliphatic carbocycles. The van der Waals surface area contributed by atoms with Gasteiger partial charge in [-0.05, 0) is 22.0 Å². The summed E-state index contributed by atoms with van der Waals surface area (Å²) in [5.74, 6) is 0.863. The van der Waals surface area contributed by atoms with E-state index in [1.54, 1.807) is 7.05 Å². The van der Waals surface area contributed by atoms with Gasteiger partial charge in [-0.1, -0.05) is 0 Å². The second-order valence-electron chi connectivity index (χ2n) is 5.05. The quantitative estimate of drug-likeness (QED) is 0.632. The Bertz CT molecular complexity index is 679. The van der Waals surface area contributed by atoms with Crippen molar-refractivity contribution in [1.82, 2.24) is 24.3 Å². The lowest BCUT2D eigenvalue weighted by molar-refractivity contribution is 0.0668. The lowest BCUT2D eigenvalue weighted by Crippen LogP contribution is -2.38. The maximum Gasteiger partial charge on any atom is 0.319 e. The Morgan fingerprint density at radius 3 is 2.83 bits per heavy atom. The predicted octanol–water partition coefficient (Wildman–Crippen LogP) is 2.59. The number of aryl methyl sites for hydroxylation is 1. The summed E-state index contributed by atoms with van der Waals surface area (Å²) >= 11 is 3.44. The third kappa shape index (κ3) is 4.31. The van der Waals surface area contributed by atoms with E-state index in [1.807, 2.05) is 35.8 Å². The first-order valence-corrected chi connectivity index (χ1v) is 7.74. The summed E-state index contributed by atoms with van der Waals surface area (Å²) in [6, 6.07) is 2.02. The molecule has 0 aliphatic rings. The van der Waals surface area contributed by atoms with Crippen LogP contribution in [0.25, 0.3) is 0 Å². The number of hydrogen-bond donors (Lipinski definition) is 1. The van der Waals surface area contributed by atoms with Crippen molar-refractivity contribution in [3.05, 3.63) is 40.6 Å². The molecule has 2 aromatic rings. The largest absolute Gasteiger partial charge is 0.352 e. The molecule has 0 saturated heterocycles. The highest BCUT2D eigenvalue weighted by atomic mass is 79.9. The Morgan fingerprint density at radius 1 is 1.52 bits per heavy atom. The van der Waals surface area contributed by atoms with Crippen molar-refractivity contribution >= 4 is 21.9 Å². The molecule has 0 atom stereocenters. The summed E-state index contributed by atoms with van der Waals surface area (Å²) in [5.41, 5.74) is 1.09. The van der Waals surface area contributed by atoms with Gasteiger partial charge in [0.1, 0.15) is 5.82 Å². The molecule has 2 aromatic heterocycles. The molecule has 0 saturated carbocycles.